The van der Waals surface area contributed by atoms with Crippen LogP contribution in [0.1, 0.15) is 58.1 Å². The Kier molecular flexibility index (Phi) is 9.03. The Morgan fingerprint density at radius 2 is 1.68 bits per heavy atom. The zero-order valence-corrected chi connectivity index (χ0v) is 19.0. The van der Waals surface area contributed by atoms with E-state index in [9.17, 15) is 14.0 Å². The van der Waals surface area contributed by atoms with E-state index in [0.717, 1.165) is 12.0 Å². The van der Waals surface area contributed by atoms with E-state index in [1.807, 2.05) is 38.1 Å². The van der Waals surface area contributed by atoms with Crippen LogP contribution in [-0.2, 0) is 16.1 Å². The van der Waals surface area contributed by atoms with Gasteiger partial charge in [0.15, 0.2) is 6.61 Å². The van der Waals surface area contributed by atoms with Crippen molar-refractivity contribution in [2.45, 2.75) is 65.6 Å². The first kappa shape index (κ1) is 24.4. The molecule has 6 heteroatoms. The minimum Gasteiger partial charge on any atom is -0.483 e. The lowest BCUT2D eigenvalue weighted by Gasteiger charge is -2.30. The molecule has 0 aliphatic carbocycles. The van der Waals surface area contributed by atoms with Crippen molar-refractivity contribution >= 4 is 11.8 Å². The first-order valence-corrected chi connectivity index (χ1v) is 10.8. The Labute approximate surface area is 184 Å². The van der Waals surface area contributed by atoms with Gasteiger partial charge in [0.25, 0.3) is 5.91 Å². The van der Waals surface area contributed by atoms with Gasteiger partial charge in [0.2, 0.25) is 5.91 Å². The normalized spacial score (nSPS) is 12.9. The first-order valence-electron chi connectivity index (χ1n) is 10.8. The minimum atomic E-state index is -0.773. The van der Waals surface area contributed by atoms with Gasteiger partial charge in [-0.2, -0.15) is 0 Å². The van der Waals surface area contributed by atoms with Crippen LogP contribution in [0.15, 0.2) is 48.5 Å². The van der Waals surface area contributed by atoms with Gasteiger partial charge in [-0.1, -0.05) is 57.2 Å². The third-order valence-corrected chi connectivity index (χ3v) is 5.36. The van der Waals surface area contributed by atoms with Gasteiger partial charge < -0.3 is 15.0 Å². The highest BCUT2D eigenvalue weighted by Gasteiger charge is 2.28. The molecule has 31 heavy (non-hydrogen) atoms. The summed E-state index contributed by atoms with van der Waals surface area (Å²) < 4.78 is 20.1. The van der Waals surface area contributed by atoms with Crippen molar-refractivity contribution in [2.75, 3.05) is 6.61 Å². The molecule has 0 aromatic heterocycles. The molecule has 0 spiro atoms. The zero-order chi connectivity index (χ0) is 23.0. The van der Waals surface area contributed by atoms with Crippen molar-refractivity contribution in [3.05, 3.63) is 65.5 Å². The van der Waals surface area contributed by atoms with E-state index in [0.29, 0.717) is 11.3 Å². The standard InChI is InChI=1S/C25H33FN2O3/c1-6-18(4)27-25(30)19(5)28(15-20-11-7-9-13-22(20)26)24(29)16-31-23-14-10-8-12-21(23)17(2)3/h7-14,17-19H,6,15-16H2,1-5H3,(H,27,30). The number of hydrogen-bond donors (Lipinski definition) is 1. The molecule has 0 aliphatic rings. The monoisotopic (exact) mass is 428 g/mol. The van der Waals surface area contributed by atoms with Gasteiger partial charge in [-0.05, 0) is 43.9 Å². The third kappa shape index (κ3) is 6.81. The summed E-state index contributed by atoms with van der Waals surface area (Å²) in [6, 6.07) is 13.0. The summed E-state index contributed by atoms with van der Waals surface area (Å²) in [5, 5.41) is 2.90. The SMILES string of the molecule is CCC(C)NC(=O)C(C)N(Cc1ccccc1F)C(=O)COc1ccccc1C(C)C. The van der Waals surface area contributed by atoms with Crippen LogP contribution >= 0.6 is 0 Å². The largest absolute Gasteiger partial charge is 0.483 e. The van der Waals surface area contributed by atoms with Crippen LogP contribution in [0, 0.1) is 5.82 Å². The van der Waals surface area contributed by atoms with Crippen LogP contribution in [0.3, 0.4) is 0 Å². The zero-order valence-electron chi connectivity index (χ0n) is 19.0. The van der Waals surface area contributed by atoms with E-state index >= 15 is 0 Å². The summed E-state index contributed by atoms with van der Waals surface area (Å²) in [6.45, 7) is 9.37. The molecular formula is C25H33FN2O3. The van der Waals surface area contributed by atoms with Gasteiger partial charge in [0.1, 0.15) is 17.6 Å². The maximum atomic E-state index is 14.3. The van der Waals surface area contributed by atoms with Crippen LogP contribution in [0.5, 0.6) is 5.75 Å². The fourth-order valence-electron chi connectivity index (χ4n) is 3.17. The minimum absolute atomic E-state index is 0.0181. The van der Waals surface area contributed by atoms with Gasteiger partial charge >= 0.3 is 0 Å². The number of rotatable bonds is 10. The van der Waals surface area contributed by atoms with E-state index in [1.165, 1.54) is 11.0 Å². The summed E-state index contributed by atoms with van der Waals surface area (Å²) >= 11 is 0. The molecule has 2 atom stereocenters. The molecule has 0 aliphatic heterocycles. The molecule has 5 nitrogen and oxygen atoms in total. The number of amides is 2. The van der Waals surface area contributed by atoms with Crippen LogP contribution < -0.4 is 10.1 Å². The average Bonchev–Trinajstić information content (AvgIpc) is 2.76. The van der Waals surface area contributed by atoms with Crippen LogP contribution in [0.4, 0.5) is 4.39 Å². The maximum Gasteiger partial charge on any atom is 0.261 e. The van der Waals surface area contributed by atoms with E-state index in [1.54, 1.807) is 25.1 Å². The maximum absolute atomic E-state index is 14.3. The van der Waals surface area contributed by atoms with Crippen molar-refractivity contribution < 1.29 is 18.7 Å². The highest BCUT2D eigenvalue weighted by Crippen LogP contribution is 2.26. The molecule has 0 saturated carbocycles. The van der Waals surface area contributed by atoms with Gasteiger partial charge in [-0.15, -0.1) is 0 Å². The number of ether oxygens (including phenoxy) is 1. The summed E-state index contributed by atoms with van der Waals surface area (Å²) in [6.07, 6.45) is 0.773. The Morgan fingerprint density at radius 1 is 1.03 bits per heavy atom. The molecule has 168 valence electrons. The average molecular weight is 429 g/mol. The van der Waals surface area contributed by atoms with Crippen molar-refractivity contribution in [3.8, 4) is 5.75 Å². The van der Waals surface area contributed by atoms with Crippen molar-refractivity contribution in [1.82, 2.24) is 10.2 Å². The number of benzene rings is 2. The highest BCUT2D eigenvalue weighted by atomic mass is 19.1. The van der Waals surface area contributed by atoms with Crippen LogP contribution in [0.2, 0.25) is 0 Å². The molecule has 2 unspecified atom stereocenters. The van der Waals surface area contributed by atoms with Crippen molar-refractivity contribution in [1.29, 1.82) is 0 Å². The van der Waals surface area contributed by atoms with Crippen molar-refractivity contribution in [3.63, 3.8) is 0 Å². The van der Waals surface area contributed by atoms with E-state index in [2.05, 4.69) is 19.2 Å². The highest BCUT2D eigenvalue weighted by molar-refractivity contribution is 5.88. The van der Waals surface area contributed by atoms with Crippen LogP contribution in [0.25, 0.3) is 0 Å². The number of halogens is 1. The number of carbonyl (C=O) groups is 2. The van der Waals surface area contributed by atoms with Gasteiger partial charge in [0, 0.05) is 18.2 Å². The molecule has 1 N–H and O–H groups in total. The first-order chi connectivity index (χ1) is 14.7. The predicted molar refractivity (Wildman–Crippen MR) is 120 cm³/mol. The lowest BCUT2D eigenvalue weighted by atomic mass is 10.0. The Morgan fingerprint density at radius 3 is 2.32 bits per heavy atom. The fourth-order valence-corrected chi connectivity index (χ4v) is 3.17. The van der Waals surface area contributed by atoms with Crippen LogP contribution in [-0.4, -0.2) is 35.4 Å². The summed E-state index contributed by atoms with van der Waals surface area (Å²) in [5.74, 6) is -0.203. The number of para-hydroxylation sites is 1. The molecule has 0 fully saturated rings. The summed E-state index contributed by atoms with van der Waals surface area (Å²) in [5.41, 5.74) is 1.35. The second-order valence-corrected chi connectivity index (χ2v) is 8.09. The number of nitrogens with one attached hydrogen (secondary N) is 1. The summed E-state index contributed by atoms with van der Waals surface area (Å²) in [7, 11) is 0. The molecular weight excluding hydrogens is 395 g/mol. The molecule has 0 saturated heterocycles. The lowest BCUT2D eigenvalue weighted by Crippen LogP contribution is -2.50. The third-order valence-electron chi connectivity index (χ3n) is 5.36. The number of nitrogens with zero attached hydrogens (tertiary/aromatic N) is 1. The smallest absolute Gasteiger partial charge is 0.261 e. The van der Waals surface area contributed by atoms with E-state index < -0.39 is 11.9 Å². The number of carbonyl (C=O) groups excluding carboxylic acids is 2. The second-order valence-electron chi connectivity index (χ2n) is 8.09. The number of hydrogen-bond acceptors (Lipinski definition) is 3. The molecule has 2 aromatic carbocycles. The molecule has 0 bridgehead atoms. The molecule has 2 amide bonds. The Balaban J connectivity index is 2.21. The van der Waals surface area contributed by atoms with Gasteiger partial charge in [-0.25, -0.2) is 4.39 Å². The van der Waals surface area contributed by atoms with Gasteiger partial charge in [-0.3, -0.25) is 9.59 Å². The molecule has 0 radical (unpaired) electrons. The fraction of sp³-hybridized carbons (Fsp3) is 0.440. The van der Waals surface area contributed by atoms with Crippen molar-refractivity contribution in [2.24, 2.45) is 0 Å². The lowest BCUT2D eigenvalue weighted by molar-refractivity contribution is -0.142. The van der Waals surface area contributed by atoms with E-state index in [4.69, 9.17) is 4.74 Å². The molecule has 2 rings (SSSR count). The Hall–Kier alpha value is -2.89. The quantitative estimate of drug-likeness (QED) is 0.599. The predicted octanol–water partition coefficient (Wildman–Crippen LogP) is 4.66. The Bertz CT molecular complexity index is 885. The summed E-state index contributed by atoms with van der Waals surface area (Å²) in [4.78, 5) is 27.2. The second kappa shape index (κ2) is 11.5. The molecule has 2 aromatic rings. The van der Waals surface area contributed by atoms with E-state index in [-0.39, 0.29) is 36.9 Å². The molecule has 0 heterocycles. The van der Waals surface area contributed by atoms with Gasteiger partial charge in [0.05, 0.1) is 0 Å². The topological polar surface area (TPSA) is 58.6 Å².